The highest BCUT2D eigenvalue weighted by Gasteiger charge is 2.39. The van der Waals surface area contributed by atoms with Gasteiger partial charge in [0.1, 0.15) is 0 Å². The van der Waals surface area contributed by atoms with Crippen molar-refractivity contribution in [3.63, 3.8) is 0 Å². The van der Waals surface area contributed by atoms with Crippen LogP contribution in [0.5, 0.6) is 0 Å². The van der Waals surface area contributed by atoms with E-state index >= 15 is 0 Å². The van der Waals surface area contributed by atoms with Crippen LogP contribution in [0.15, 0.2) is 60.7 Å². The average Bonchev–Trinajstić information content (AvgIpc) is 3.28. The van der Waals surface area contributed by atoms with Gasteiger partial charge < -0.3 is 0 Å². The van der Waals surface area contributed by atoms with E-state index in [0.717, 1.165) is 17.5 Å². The van der Waals surface area contributed by atoms with Crippen molar-refractivity contribution in [1.82, 2.24) is 0 Å². The van der Waals surface area contributed by atoms with Gasteiger partial charge in [-0.2, -0.15) is 0 Å². The summed E-state index contributed by atoms with van der Waals surface area (Å²) >= 11 is 0. The van der Waals surface area contributed by atoms with Crippen molar-refractivity contribution in [3.8, 4) is 0 Å². The highest BCUT2D eigenvalue weighted by atomic mass is 31.1. The van der Waals surface area contributed by atoms with Gasteiger partial charge in [0.2, 0.25) is 0 Å². The maximum absolute atomic E-state index is 2.38. The van der Waals surface area contributed by atoms with E-state index in [0.29, 0.717) is 0 Å². The molecule has 0 aliphatic heterocycles. The van der Waals surface area contributed by atoms with Crippen LogP contribution in [0.25, 0.3) is 0 Å². The van der Waals surface area contributed by atoms with Gasteiger partial charge in [0.15, 0.2) is 0 Å². The van der Waals surface area contributed by atoms with Crippen LogP contribution < -0.4 is 10.6 Å². The lowest BCUT2D eigenvalue weighted by Crippen LogP contribution is -2.28. The summed E-state index contributed by atoms with van der Waals surface area (Å²) < 4.78 is 0. The third-order valence-corrected chi connectivity index (χ3v) is 8.95. The third-order valence-electron chi connectivity index (χ3n) is 5.94. The minimum atomic E-state index is -0.207. The molecule has 0 nitrogen and oxygen atoms in total. The lowest BCUT2D eigenvalue weighted by atomic mass is 9.89. The summed E-state index contributed by atoms with van der Waals surface area (Å²) in [6.07, 6.45) is 10.3. The van der Waals surface area contributed by atoms with Gasteiger partial charge in [-0.15, -0.1) is 0 Å². The van der Waals surface area contributed by atoms with Crippen molar-refractivity contribution >= 4 is 18.5 Å². The quantitative estimate of drug-likeness (QED) is 0.654. The Hall–Kier alpha value is -1.13. The maximum atomic E-state index is 2.38. The van der Waals surface area contributed by atoms with E-state index in [4.69, 9.17) is 0 Å². The van der Waals surface area contributed by atoms with Gasteiger partial charge in [-0.1, -0.05) is 92.8 Å². The minimum absolute atomic E-state index is 0.207. The summed E-state index contributed by atoms with van der Waals surface area (Å²) in [6, 6.07) is 22.7. The predicted molar refractivity (Wildman–Crippen MR) is 102 cm³/mol. The summed E-state index contributed by atoms with van der Waals surface area (Å²) in [4.78, 5) is 0. The van der Waals surface area contributed by atoms with Crippen LogP contribution in [-0.2, 0) is 0 Å². The lowest BCUT2D eigenvalue weighted by molar-refractivity contribution is 0.352. The Morgan fingerprint density at radius 2 is 1.17 bits per heavy atom. The zero-order valence-electron chi connectivity index (χ0n) is 13.9. The van der Waals surface area contributed by atoms with Crippen molar-refractivity contribution in [2.24, 2.45) is 11.8 Å². The molecule has 2 unspecified atom stereocenters. The Kier molecular flexibility index (Phi) is 4.81. The van der Waals surface area contributed by atoms with Gasteiger partial charge in [0.25, 0.3) is 0 Å². The fourth-order valence-corrected chi connectivity index (χ4v) is 8.20. The second-order valence-corrected chi connectivity index (χ2v) is 9.68. The van der Waals surface area contributed by atoms with Gasteiger partial charge in [-0.25, -0.2) is 0 Å². The Morgan fingerprint density at radius 1 is 0.609 bits per heavy atom. The molecule has 0 bridgehead atoms. The first-order valence-electron chi connectivity index (χ1n) is 9.33. The molecule has 2 saturated carbocycles. The second kappa shape index (κ2) is 7.18. The van der Waals surface area contributed by atoms with Crippen LogP contribution in [0.3, 0.4) is 0 Å². The average molecular weight is 322 g/mol. The van der Waals surface area contributed by atoms with E-state index in [1.807, 2.05) is 0 Å². The SMILES string of the molecule is c1ccc(P(c2ccccc2)C2CCCC2C2CCCC2)cc1. The minimum Gasteiger partial charge on any atom is -0.0622 e. The van der Waals surface area contributed by atoms with Gasteiger partial charge in [0, 0.05) is 0 Å². The highest BCUT2D eigenvalue weighted by Crippen LogP contribution is 2.54. The monoisotopic (exact) mass is 322 g/mol. The first-order valence-corrected chi connectivity index (χ1v) is 10.7. The molecule has 0 saturated heterocycles. The molecule has 0 heterocycles. The van der Waals surface area contributed by atoms with E-state index in [-0.39, 0.29) is 7.92 Å². The van der Waals surface area contributed by atoms with Crippen LogP contribution in [0.4, 0.5) is 0 Å². The summed E-state index contributed by atoms with van der Waals surface area (Å²) in [5, 5.41) is 3.17. The number of benzene rings is 2. The molecular weight excluding hydrogens is 295 g/mol. The van der Waals surface area contributed by atoms with Crippen molar-refractivity contribution in [1.29, 1.82) is 0 Å². The van der Waals surface area contributed by atoms with E-state index in [1.165, 1.54) is 44.9 Å². The molecule has 0 aromatic heterocycles. The summed E-state index contributed by atoms with van der Waals surface area (Å²) in [6.45, 7) is 0. The highest BCUT2D eigenvalue weighted by molar-refractivity contribution is 7.73. The van der Waals surface area contributed by atoms with Gasteiger partial charge in [-0.3, -0.25) is 0 Å². The molecule has 0 N–H and O–H groups in total. The molecule has 2 aromatic rings. The van der Waals surface area contributed by atoms with Crippen molar-refractivity contribution < 1.29 is 0 Å². The Labute approximate surface area is 142 Å². The van der Waals surface area contributed by atoms with Crippen LogP contribution in [0, 0.1) is 11.8 Å². The first-order chi connectivity index (χ1) is 11.4. The molecule has 2 fully saturated rings. The molecule has 2 aliphatic carbocycles. The first kappa shape index (κ1) is 15.4. The molecule has 1 heteroatoms. The van der Waals surface area contributed by atoms with Crippen LogP contribution in [-0.4, -0.2) is 5.66 Å². The van der Waals surface area contributed by atoms with Gasteiger partial charge >= 0.3 is 0 Å². The van der Waals surface area contributed by atoms with E-state index in [1.54, 1.807) is 10.6 Å². The third kappa shape index (κ3) is 3.24. The van der Waals surface area contributed by atoms with Crippen molar-refractivity contribution in [2.45, 2.75) is 50.6 Å². The fourth-order valence-electron chi connectivity index (χ4n) is 4.93. The standard InChI is InChI=1S/C22H27P/c1-3-12-19(13-4-1)23(20-14-5-2-6-15-20)22-17-9-16-21(22)18-10-7-8-11-18/h1-6,12-15,18,21-22H,7-11,16-17H2. The second-order valence-electron chi connectivity index (χ2n) is 7.25. The molecule has 0 amide bonds. The molecule has 2 atom stereocenters. The molecule has 23 heavy (non-hydrogen) atoms. The molecule has 120 valence electrons. The summed E-state index contributed by atoms with van der Waals surface area (Å²) in [5.41, 5.74) is 0.901. The topological polar surface area (TPSA) is 0 Å². The van der Waals surface area contributed by atoms with Crippen LogP contribution >= 0.6 is 7.92 Å². The molecule has 0 spiro atoms. The molecule has 4 rings (SSSR count). The zero-order chi connectivity index (χ0) is 15.5. The maximum Gasteiger partial charge on any atom is -0.00978 e. The normalized spacial score (nSPS) is 25.3. The number of hydrogen-bond donors (Lipinski definition) is 0. The lowest BCUT2D eigenvalue weighted by Gasteiger charge is -2.33. The number of rotatable bonds is 4. The summed E-state index contributed by atoms with van der Waals surface area (Å²) in [5.74, 6) is 1.99. The predicted octanol–water partition coefficient (Wildman–Crippen LogP) is 5.48. The molecule has 2 aromatic carbocycles. The largest absolute Gasteiger partial charge is 0.0622 e. The Bertz CT molecular complexity index is 561. The van der Waals surface area contributed by atoms with Crippen molar-refractivity contribution in [2.75, 3.05) is 0 Å². The van der Waals surface area contributed by atoms with Crippen molar-refractivity contribution in [3.05, 3.63) is 60.7 Å². The zero-order valence-corrected chi connectivity index (χ0v) is 14.8. The van der Waals surface area contributed by atoms with E-state index in [9.17, 15) is 0 Å². The molecule has 2 aliphatic rings. The van der Waals surface area contributed by atoms with E-state index < -0.39 is 0 Å². The van der Waals surface area contributed by atoms with Crippen LogP contribution in [0.1, 0.15) is 44.9 Å². The smallest absolute Gasteiger partial charge is 0.00978 e. The molecule has 0 radical (unpaired) electrons. The van der Waals surface area contributed by atoms with Crippen LogP contribution in [0.2, 0.25) is 0 Å². The molecular formula is C22H27P. The fraction of sp³-hybridized carbons (Fsp3) is 0.455. The van der Waals surface area contributed by atoms with Gasteiger partial charge in [-0.05, 0) is 48.9 Å². The number of hydrogen-bond acceptors (Lipinski definition) is 0. The van der Waals surface area contributed by atoms with Gasteiger partial charge in [0.05, 0.1) is 0 Å². The summed E-state index contributed by atoms with van der Waals surface area (Å²) in [7, 11) is -0.207. The Balaban J connectivity index is 1.70. The van der Waals surface area contributed by atoms with E-state index in [2.05, 4.69) is 60.7 Å². The Morgan fingerprint density at radius 3 is 1.74 bits per heavy atom.